The number of nitrogens with one attached hydrogen (secondary N) is 1. The van der Waals surface area contributed by atoms with Crippen molar-refractivity contribution in [1.82, 2.24) is 9.55 Å². The number of aliphatic hydroxyl groups excluding tert-OH is 2. The second kappa shape index (κ2) is 7.51. The normalized spacial score (nSPS) is 10.8. The molecule has 0 saturated heterocycles. The molecule has 0 bridgehead atoms. The third-order valence-electron chi connectivity index (χ3n) is 4.34. The molecule has 134 valence electrons. The molecule has 0 unspecified atom stereocenters. The molecule has 26 heavy (non-hydrogen) atoms. The Morgan fingerprint density at radius 2 is 1.65 bits per heavy atom. The van der Waals surface area contributed by atoms with Crippen LogP contribution in [0.5, 0.6) is 0 Å². The van der Waals surface area contributed by atoms with Crippen LogP contribution in [0.4, 0.5) is 5.69 Å². The lowest BCUT2D eigenvalue weighted by Crippen LogP contribution is -2.13. The molecule has 6 heteroatoms. The van der Waals surface area contributed by atoms with Crippen LogP contribution in [0.3, 0.4) is 0 Å². The number of benzene rings is 2. The maximum atomic E-state index is 12.5. The summed E-state index contributed by atoms with van der Waals surface area (Å²) in [5.74, 6) is -0.294. The van der Waals surface area contributed by atoms with Crippen LogP contribution < -0.4 is 5.32 Å². The standard InChI is InChI=1S/C20H21N3O3/c1-13-14(2)23(12-21-13)19-5-3-18(4-6-19)22-20(26)17-8-15(10-24)7-16(9-17)11-25/h3-9,12,24-25H,10-11H2,1-2H3,(H,22,26). The molecule has 0 spiro atoms. The fourth-order valence-electron chi connectivity index (χ4n) is 2.74. The molecule has 0 saturated carbocycles. The molecule has 6 nitrogen and oxygen atoms in total. The third kappa shape index (κ3) is 3.66. The second-order valence-corrected chi connectivity index (χ2v) is 6.14. The summed E-state index contributed by atoms with van der Waals surface area (Å²) in [5, 5.41) is 21.4. The van der Waals surface area contributed by atoms with Crippen molar-refractivity contribution in [3.63, 3.8) is 0 Å². The van der Waals surface area contributed by atoms with Gasteiger partial charge in [0.25, 0.3) is 5.91 Å². The molecule has 1 amide bonds. The van der Waals surface area contributed by atoms with E-state index in [4.69, 9.17) is 0 Å². The average molecular weight is 351 g/mol. The Morgan fingerprint density at radius 3 is 2.15 bits per heavy atom. The molecule has 1 heterocycles. The second-order valence-electron chi connectivity index (χ2n) is 6.14. The molecule has 0 radical (unpaired) electrons. The highest BCUT2D eigenvalue weighted by atomic mass is 16.3. The molecule has 0 atom stereocenters. The molecule has 0 aliphatic carbocycles. The Morgan fingerprint density at radius 1 is 1.04 bits per heavy atom. The zero-order valence-corrected chi connectivity index (χ0v) is 14.7. The monoisotopic (exact) mass is 351 g/mol. The van der Waals surface area contributed by atoms with Crippen LogP contribution in [0.1, 0.15) is 32.9 Å². The molecular weight excluding hydrogens is 330 g/mol. The Labute approximate surface area is 151 Å². The zero-order valence-electron chi connectivity index (χ0n) is 14.7. The van der Waals surface area contributed by atoms with Crippen LogP contribution in [-0.2, 0) is 13.2 Å². The van der Waals surface area contributed by atoms with Crippen LogP contribution in [-0.4, -0.2) is 25.7 Å². The van der Waals surface area contributed by atoms with Crippen LogP contribution >= 0.6 is 0 Å². The van der Waals surface area contributed by atoms with Crippen molar-refractivity contribution in [2.45, 2.75) is 27.1 Å². The summed E-state index contributed by atoms with van der Waals surface area (Å²) in [6, 6.07) is 12.4. The van der Waals surface area contributed by atoms with E-state index < -0.39 is 0 Å². The Hall–Kier alpha value is -2.96. The third-order valence-corrected chi connectivity index (χ3v) is 4.34. The number of rotatable bonds is 5. The summed E-state index contributed by atoms with van der Waals surface area (Å²) in [7, 11) is 0. The van der Waals surface area contributed by atoms with Crippen molar-refractivity contribution in [3.05, 3.63) is 76.9 Å². The van der Waals surface area contributed by atoms with Crippen molar-refractivity contribution >= 4 is 11.6 Å². The van der Waals surface area contributed by atoms with Gasteiger partial charge in [0.05, 0.1) is 25.2 Å². The largest absolute Gasteiger partial charge is 0.392 e. The van der Waals surface area contributed by atoms with E-state index in [1.54, 1.807) is 24.5 Å². The summed E-state index contributed by atoms with van der Waals surface area (Å²) >= 11 is 0. The van der Waals surface area contributed by atoms with Crippen molar-refractivity contribution in [2.75, 3.05) is 5.32 Å². The van der Waals surface area contributed by atoms with Crippen LogP contribution in [0.15, 0.2) is 48.8 Å². The predicted molar refractivity (Wildman–Crippen MR) is 99.3 cm³/mol. The van der Waals surface area contributed by atoms with Crippen molar-refractivity contribution < 1.29 is 15.0 Å². The number of aryl methyl sites for hydroxylation is 1. The van der Waals surface area contributed by atoms with Crippen LogP contribution in [0.2, 0.25) is 0 Å². The number of anilines is 1. The number of aliphatic hydroxyl groups is 2. The van der Waals surface area contributed by atoms with E-state index in [-0.39, 0.29) is 19.1 Å². The Kier molecular flexibility index (Phi) is 5.16. The fraction of sp³-hybridized carbons (Fsp3) is 0.200. The van der Waals surface area contributed by atoms with Gasteiger partial charge in [0, 0.05) is 22.6 Å². The van der Waals surface area contributed by atoms with Gasteiger partial charge < -0.3 is 20.1 Å². The predicted octanol–water partition coefficient (Wildman–Crippen LogP) is 2.73. The van der Waals surface area contributed by atoms with E-state index in [0.29, 0.717) is 22.4 Å². The van der Waals surface area contributed by atoms with E-state index in [2.05, 4.69) is 10.3 Å². The van der Waals surface area contributed by atoms with E-state index in [1.807, 2.05) is 42.7 Å². The molecule has 3 rings (SSSR count). The molecule has 3 aromatic rings. The number of aromatic nitrogens is 2. The van der Waals surface area contributed by atoms with Gasteiger partial charge in [0.15, 0.2) is 0 Å². The van der Waals surface area contributed by atoms with Crippen molar-refractivity contribution in [3.8, 4) is 5.69 Å². The first-order chi connectivity index (χ1) is 12.5. The minimum Gasteiger partial charge on any atom is -0.392 e. The van der Waals surface area contributed by atoms with Crippen molar-refractivity contribution in [2.24, 2.45) is 0 Å². The molecule has 0 aliphatic heterocycles. The van der Waals surface area contributed by atoms with Gasteiger partial charge in [-0.25, -0.2) is 4.98 Å². The summed E-state index contributed by atoms with van der Waals surface area (Å²) in [4.78, 5) is 16.8. The van der Waals surface area contributed by atoms with Crippen molar-refractivity contribution in [1.29, 1.82) is 0 Å². The summed E-state index contributed by atoms with van der Waals surface area (Å²) in [6.45, 7) is 3.59. The highest BCUT2D eigenvalue weighted by Gasteiger charge is 2.10. The van der Waals surface area contributed by atoms with Gasteiger partial charge >= 0.3 is 0 Å². The summed E-state index contributed by atoms with van der Waals surface area (Å²) in [5.41, 5.74) is 5.24. The lowest BCUT2D eigenvalue weighted by molar-refractivity contribution is 0.102. The minimum absolute atomic E-state index is 0.188. The average Bonchev–Trinajstić information content (AvgIpc) is 3.00. The first-order valence-electron chi connectivity index (χ1n) is 8.28. The van der Waals surface area contributed by atoms with Gasteiger partial charge in [-0.05, 0) is 61.4 Å². The Bertz CT molecular complexity index is 908. The molecular formula is C20H21N3O3. The maximum absolute atomic E-state index is 12.5. The first-order valence-corrected chi connectivity index (χ1v) is 8.28. The highest BCUT2D eigenvalue weighted by Crippen LogP contribution is 2.18. The summed E-state index contributed by atoms with van der Waals surface area (Å²) < 4.78 is 1.99. The molecule has 0 aliphatic rings. The maximum Gasteiger partial charge on any atom is 0.255 e. The van der Waals surface area contributed by atoms with E-state index in [0.717, 1.165) is 17.1 Å². The van der Waals surface area contributed by atoms with Gasteiger partial charge in [-0.15, -0.1) is 0 Å². The van der Waals surface area contributed by atoms with Crippen LogP contribution in [0, 0.1) is 13.8 Å². The van der Waals surface area contributed by atoms with Crippen LogP contribution in [0.25, 0.3) is 5.69 Å². The number of amides is 1. The number of carbonyl (C=O) groups excluding carboxylic acids is 1. The lowest BCUT2D eigenvalue weighted by atomic mass is 10.1. The van der Waals surface area contributed by atoms with Gasteiger partial charge in [0.1, 0.15) is 0 Å². The van der Waals surface area contributed by atoms with Gasteiger partial charge in [-0.2, -0.15) is 0 Å². The number of hydrogen-bond donors (Lipinski definition) is 3. The quantitative estimate of drug-likeness (QED) is 0.660. The van der Waals surface area contributed by atoms with Gasteiger partial charge in [-0.1, -0.05) is 6.07 Å². The molecule has 2 aromatic carbocycles. The number of carbonyl (C=O) groups is 1. The fourth-order valence-corrected chi connectivity index (χ4v) is 2.74. The molecule has 3 N–H and O–H groups in total. The van der Waals surface area contributed by atoms with E-state index in [9.17, 15) is 15.0 Å². The van der Waals surface area contributed by atoms with Gasteiger partial charge in [0.2, 0.25) is 0 Å². The van der Waals surface area contributed by atoms with E-state index in [1.165, 1.54) is 0 Å². The van der Waals surface area contributed by atoms with Gasteiger partial charge in [-0.3, -0.25) is 4.79 Å². The summed E-state index contributed by atoms with van der Waals surface area (Å²) in [6.07, 6.45) is 1.77. The SMILES string of the molecule is Cc1ncn(-c2ccc(NC(=O)c3cc(CO)cc(CO)c3)cc2)c1C. The Balaban J connectivity index is 1.79. The van der Waals surface area contributed by atoms with E-state index >= 15 is 0 Å². The number of nitrogens with zero attached hydrogens (tertiary/aromatic N) is 2. The lowest BCUT2D eigenvalue weighted by Gasteiger charge is -2.10. The topological polar surface area (TPSA) is 87.4 Å². The highest BCUT2D eigenvalue weighted by molar-refractivity contribution is 6.04. The number of hydrogen-bond acceptors (Lipinski definition) is 4. The number of imidazole rings is 1. The zero-order chi connectivity index (χ0) is 18.7. The minimum atomic E-state index is -0.294. The first kappa shape index (κ1) is 17.8. The molecule has 0 fully saturated rings. The molecule has 1 aromatic heterocycles. The smallest absolute Gasteiger partial charge is 0.255 e.